The topological polar surface area (TPSA) is 66.8 Å². The Labute approximate surface area is 112 Å². The van der Waals surface area contributed by atoms with Crippen molar-refractivity contribution in [1.82, 2.24) is 4.90 Å². The summed E-state index contributed by atoms with van der Waals surface area (Å²) in [6, 6.07) is 0. The van der Waals surface area contributed by atoms with E-state index in [1.54, 1.807) is 18.7 Å². The van der Waals surface area contributed by atoms with Gasteiger partial charge in [-0.05, 0) is 12.2 Å². The molecule has 18 heavy (non-hydrogen) atoms. The molecule has 1 saturated heterocycles. The summed E-state index contributed by atoms with van der Waals surface area (Å²) in [7, 11) is 0. The molecule has 1 N–H and O–H groups in total. The van der Waals surface area contributed by atoms with Gasteiger partial charge in [-0.25, -0.2) is 0 Å². The number of carbonyl (C=O) groups excluding carboxylic acids is 1. The number of thioether (sulfide) groups is 1. The molecule has 1 amide bonds. The first-order valence-electron chi connectivity index (χ1n) is 6.27. The lowest BCUT2D eigenvalue weighted by atomic mass is 10.2. The number of carboxylic acids is 1. The van der Waals surface area contributed by atoms with Gasteiger partial charge in [0.2, 0.25) is 5.91 Å². The highest BCUT2D eigenvalue weighted by molar-refractivity contribution is 7.99. The highest BCUT2D eigenvalue weighted by atomic mass is 32.2. The molecule has 1 aliphatic heterocycles. The number of amides is 1. The number of aliphatic carboxylic acids is 1. The highest BCUT2D eigenvalue weighted by Gasteiger charge is 2.16. The second kappa shape index (κ2) is 8.37. The molecule has 0 aromatic carbocycles. The number of carbonyl (C=O) groups is 2. The first kappa shape index (κ1) is 15.3. The molecule has 0 saturated carbocycles. The van der Waals surface area contributed by atoms with Crippen LogP contribution in [0.5, 0.6) is 0 Å². The van der Waals surface area contributed by atoms with Crippen molar-refractivity contribution in [3.63, 3.8) is 0 Å². The molecule has 1 fully saturated rings. The molecular formula is C12H21NO4S. The molecule has 0 radical (unpaired) electrons. The van der Waals surface area contributed by atoms with E-state index in [-0.39, 0.29) is 11.8 Å². The average Bonchev–Trinajstić information content (AvgIpc) is 2.38. The van der Waals surface area contributed by atoms with Crippen LogP contribution in [0, 0.1) is 5.92 Å². The van der Waals surface area contributed by atoms with Gasteiger partial charge in [-0.1, -0.05) is 6.92 Å². The Morgan fingerprint density at radius 3 is 2.67 bits per heavy atom. The molecule has 104 valence electrons. The van der Waals surface area contributed by atoms with Gasteiger partial charge in [-0.15, -0.1) is 0 Å². The van der Waals surface area contributed by atoms with Crippen LogP contribution in [0.25, 0.3) is 0 Å². The second-order valence-electron chi connectivity index (χ2n) is 4.41. The van der Waals surface area contributed by atoms with Crippen molar-refractivity contribution in [3.05, 3.63) is 0 Å². The summed E-state index contributed by atoms with van der Waals surface area (Å²) >= 11 is 1.60. The van der Waals surface area contributed by atoms with Crippen LogP contribution in [0.2, 0.25) is 0 Å². The summed E-state index contributed by atoms with van der Waals surface area (Å²) in [4.78, 5) is 24.2. The average molecular weight is 275 g/mol. The van der Waals surface area contributed by atoms with E-state index < -0.39 is 5.97 Å². The lowest BCUT2D eigenvalue weighted by molar-refractivity contribution is -0.140. The number of morpholine rings is 1. The standard InChI is InChI=1S/C12H21NO4S/c1-10(12(15)16)9-18-8-2-3-11(14)13-4-6-17-7-5-13/h10H,2-9H2,1H3,(H,15,16). The Bertz CT molecular complexity index is 279. The highest BCUT2D eigenvalue weighted by Crippen LogP contribution is 2.12. The third kappa shape index (κ3) is 5.73. The normalized spacial score (nSPS) is 17.5. The van der Waals surface area contributed by atoms with E-state index in [4.69, 9.17) is 9.84 Å². The van der Waals surface area contributed by atoms with Gasteiger partial charge >= 0.3 is 5.97 Å². The number of hydrogen-bond acceptors (Lipinski definition) is 4. The predicted molar refractivity (Wildman–Crippen MR) is 70.8 cm³/mol. The zero-order valence-electron chi connectivity index (χ0n) is 10.8. The number of hydrogen-bond donors (Lipinski definition) is 1. The lowest BCUT2D eigenvalue weighted by Gasteiger charge is -2.26. The third-order valence-corrected chi connectivity index (χ3v) is 4.15. The summed E-state index contributed by atoms with van der Waals surface area (Å²) in [5.74, 6) is 0.566. The van der Waals surface area contributed by atoms with Crippen molar-refractivity contribution in [2.24, 2.45) is 5.92 Å². The fourth-order valence-corrected chi connectivity index (χ4v) is 2.64. The minimum Gasteiger partial charge on any atom is -0.481 e. The van der Waals surface area contributed by atoms with Gasteiger partial charge in [0.05, 0.1) is 19.1 Å². The van der Waals surface area contributed by atoms with Gasteiger partial charge in [0.1, 0.15) is 0 Å². The van der Waals surface area contributed by atoms with E-state index in [0.29, 0.717) is 38.5 Å². The fourth-order valence-electron chi connectivity index (χ4n) is 1.63. The Kier molecular flexibility index (Phi) is 7.12. The molecule has 0 spiro atoms. The summed E-state index contributed by atoms with van der Waals surface area (Å²) in [5.41, 5.74) is 0. The molecule has 1 atom stereocenters. The van der Waals surface area contributed by atoms with Crippen LogP contribution in [-0.4, -0.2) is 59.7 Å². The number of rotatable bonds is 7. The zero-order valence-corrected chi connectivity index (χ0v) is 11.6. The second-order valence-corrected chi connectivity index (χ2v) is 5.56. The van der Waals surface area contributed by atoms with Crippen molar-refractivity contribution in [2.75, 3.05) is 37.8 Å². The van der Waals surface area contributed by atoms with Crippen LogP contribution in [0.1, 0.15) is 19.8 Å². The Balaban J connectivity index is 2.03. The molecule has 0 aliphatic carbocycles. The number of carboxylic acid groups (broad SMARTS) is 1. The van der Waals surface area contributed by atoms with E-state index in [2.05, 4.69) is 0 Å². The van der Waals surface area contributed by atoms with E-state index in [0.717, 1.165) is 12.2 Å². The Hall–Kier alpha value is -0.750. The maximum absolute atomic E-state index is 11.8. The molecule has 0 bridgehead atoms. The molecule has 1 heterocycles. The molecule has 5 nitrogen and oxygen atoms in total. The van der Waals surface area contributed by atoms with Crippen molar-refractivity contribution in [2.45, 2.75) is 19.8 Å². The molecule has 1 aliphatic rings. The van der Waals surface area contributed by atoms with Crippen molar-refractivity contribution >= 4 is 23.6 Å². The van der Waals surface area contributed by atoms with Gasteiger partial charge in [0.15, 0.2) is 0 Å². The molecule has 1 unspecified atom stereocenters. The summed E-state index contributed by atoms with van der Waals surface area (Å²) < 4.78 is 5.19. The molecule has 6 heteroatoms. The molecule has 1 rings (SSSR count). The summed E-state index contributed by atoms with van der Waals surface area (Å²) in [6.45, 7) is 4.37. The predicted octanol–water partition coefficient (Wildman–Crippen LogP) is 1.08. The quantitative estimate of drug-likeness (QED) is 0.704. The Morgan fingerprint density at radius 2 is 2.06 bits per heavy atom. The number of nitrogens with zero attached hydrogens (tertiary/aromatic N) is 1. The largest absolute Gasteiger partial charge is 0.481 e. The van der Waals surface area contributed by atoms with Crippen LogP contribution in [-0.2, 0) is 14.3 Å². The van der Waals surface area contributed by atoms with Crippen molar-refractivity contribution < 1.29 is 19.4 Å². The molecule has 0 aromatic heterocycles. The van der Waals surface area contributed by atoms with Crippen LogP contribution in [0.3, 0.4) is 0 Å². The lowest BCUT2D eigenvalue weighted by Crippen LogP contribution is -2.40. The van der Waals surface area contributed by atoms with E-state index >= 15 is 0 Å². The van der Waals surface area contributed by atoms with Crippen molar-refractivity contribution in [3.8, 4) is 0 Å². The minimum atomic E-state index is -0.758. The van der Waals surface area contributed by atoms with E-state index in [1.807, 2.05) is 4.90 Å². The van der Waals surface area contributed by atoms with Crippen molar-refractivity contribution in [1.29, 1.82) is 0 Å². The van der Waals surface area contributed by atoms with Crippen LogP contribution >= 0.6 is 11.8 Å². The van der Waals surface area contributed by atoms with Crippen LogP contribution < -0.4 is 0 Å². The van der Waals surface area contributed by atoms with E-state index in [1.165, 1.54) is 0 Å². The molecular weight excluding hydrogens is 254 g/mol. The van der Waals surface area contributed by atoms with Gasteiger partial charge in [-0.3, -0.25) is 9.59 Å². The smallest absolute Gasteiger partial charge is 0.307 e. The van der Waals surface area contributed by atoms with Gasteiger partial charge in [0.25, 0.3) is 0 Å². The Morgan fingerprint density at radius 1 is 1.39 bits per heavy atom. The maximum Gasteiger partial charge on any atom is 0.307 e. The van der Waals surface area contributed by atoms with Gasteiger partial charge in [0, 0.05) is 25.3 Å². The third-order valence-electron chi connectivity index (χ3n) is 2.83. The SMILES string of the molecule is CC(CSCCCC(=O)N1CCOCC1)C(=O)O. The summed E-state index contributed by atoms with van der Waals surface area (Å²) in [5, 5.41) is 8.71. The number of ether oxygens (including phenoxy) is 1. The fraction of sp³-hybridized carbons (Fsp3) is 0.833. The first-order valence-corrected chi connectivity index (χ1v) is 7.43. The van der Waals surface area contributed by atoms with Crippen LogP contribution in [0.4, 0.5) is 0 Å². The minimum absolute atomic E-state index is 0.185. The van der Waals surface area contributed by atoms with Gasteiger partial charge in [-0.2, -0.15) is 11.8 Å². The molecule has 0 aromatic rings. The zero-order chi connectivity index (χ0) is 13.4. The first-order chi connectivity index (χ1) is 8.61. The van der Waals surface area contributed by atoms with Crippen LogP contribution in [0.15, 0.2) is 0 Å². The maximum atomic E-state index is 11.8. The monoisotopic (exact) mass is 275 g/mol. The van der Waals surface area contributed by atoms with Gasteiger partial charge < -0.3 is 14.7 Å². The van der Waals surface area contributed by atoms with E-state index in [9.17, 15) is 9.59 Å². The summed E-state index contributed by atoms with van der Waals surface area (Å²) in [6.07, 6.45) is 1.36.